The molecule has 0 saturated carbocycles. The van der Waals surface area contributed by atoms with E-state index in [-0.39, 0.29) is 12.2 Å². The minimum atomic E-state index is -1.06. The average Bonchev–Trinajstić information content (AvgIpc) is 2.72. The molecule has 0 bridgehead atoms. The maximum absolute atomic E-state index is 12.5. The van der Waals surface area contributed by atoms with Crippen LogP contribution >= 0.6 is 0 Å². The molecule has 6 N–H and O–H groups in total. The summed E-state index contributed by atoms with van der Waals surface area (Å²) in [6, 6.07) is 14.3. The van der Waals surface area contributed by atoms with Crippen molar-refractivity contribution in [1.82, 2.24) is 4.98 Å². The molecule has 2 aromatic carbocycles. The SMILES string of the molecule is NC(=O)c1ccc(C(N)C(=O)OCc2cccnc2)c(-c2ccccc2N)c1. The van der Waals surface area contributed by atoms with Crippen LogP contribution in [0.15, 0.2) is 67.0 Å². The minimum Gasteiger partial charge on any atom is -0.459 e. The van der Waals surface area contributed by atoms with Crippen LogP contribution in [0, 0.1) is 0 Å². The summed E-state index contributed by atoms with van der Waals surface area (Å²) in [7, 11) is 0. The number of hydrogen-bond acceptors (Lipinski definition) is 6. The third kappa shape index (κ3) is 4.16. The van der Waals surface area contributed by atoms with Crippen molar-refractivity contribution in [2.75, 3.05) is 5.73 Å². The maximum Gasteiger partial charge on any atom is 0.327 e. The number of hydrogen-bond donors (Lipinski definition) is 3. The fraction of sp³-hybridized carbons (Fsp3) is 0.0952. The summed E-state index contributed by atoms with van der Waals surface area (Å²) in [5.41, 5.74) is 20.9. The zero-order chi connectivity index (χ0) is 20.1. The largest absolute Gasteiger partial charge is 0.459 e. The van der Waals surface area contributed by atoms with Gasteiger partial charge in [-0.2, -0.15) is 0 Å². The second-order valence-corrected chi connectivity index (χ2v) is 6.20. The first-order chi connectivity index (χ1) is 13.5. The third-order valence-electron chi connectivity index (χ3n) is 4.28. The average molecular weight is 376 g/mol. The monoisotopic (exact) mass is 376 g/mol. The number of nitrogens with two attached hydrogens (primary N) is 3. The smallest absolute Gasteiger partial charge is 0.327 e. The number of benzene rings is 2. The van der Waals surface area contributed by atoms with Gasteiger partial charge in [0.25, 0.3) is 0 Å². The van der Waals surface area contributed by atoms with Crippen molar-refractivity contribution in [1.29, 1.82) is 0 Å². The molecule has 0 radical (unpaired) electrons. The number of esters is 1. The van der Waals surface area contributed by atoms with Crippen LogP contribution in [0.3, 0.4) is 0 Å². The second-order valence-electron chi connectivity index (χ2n) is 6.20. The Balaban J connectivity index is 1.92. The van der Waals surface area contributed by atoms with Crippen molar-refractivity contribution < 1.29 is 14.3 Å². The van der Waals surface area contributed by atoms with E-state index in [9.17, 15) is 9.59 Å². The Kier molecular flexibility index (Phi) is 5.67. The Hall–Kier alpha value is -3.71. The number of primary amides is 1. The van der Waals surface area contributed by atoms with Crippen molar-refractivity contribution in [3.8, 4) is 11.1 Å². The Morgan fingerprint density at radius 3 is 2.50 bits per heavy atom. The van der Waals surface area contributed by atoms with Gasteiger partial charge in [0.05, 0.1) is 0 Å². The van der Waals surface area contributed by atoms with Crippen LogP contribution in [-0.2, 0) is 16.1 Å². The highest BCUT2D eigenvalue weighted by Crippen LogP contribution is 2.33. The first-order valence-electron chi connectivity index (χ1n) is 8.57. The Morgan fingerprint density at radius 2 is 1.82 bits per heavy atom. The zero-order valence-corrected chi connectivity index (χ0v) is 15.0. The molecule has 28 heavy (non-hydrogen) atoms. The summed E-state index contributed by atoms with van der Waals surface area (Å²) >= 11 is 0. The number of aromatic nitrogens is 1. The lowest BCUT2D eigenvalue weighted by Gasteiger charge is -2.18. The van der Waals surface area contributed by atoms with Crippen LogP contribution in [0.4, 0.5) is 5.69 Å². The van der Waals surface area contributed by atoms with E-state index < -0.39 is 17.9 Å². The number of rotatable bonds is 6. The van der Waals surface area contributed by atoms with Crippen molar-refractivity contribution >= 4 is 17.6 Å². The molecule has 0 spiro atoms. The molecule has 142 valence electrons. The molecule has 0 aliphatic heterocycles. The number of nitrogens with zero attached hydrogens (tertiary/aromatic N) is 1. The quantitative estimate of drug-likeness (QED) is 0.446. The number of carbonyl (C=O) groups is 2. The van der Waals surface area contributed by atoms with E-state index in [2.05, 4.69) is 4.98 Å². The van der Waals surface area contributed by atoms with Crippen LogP contribution in [-0.4, -0.2) is 16.9 Å². The van der Waals surface area contributed by atoms with E-state index in [0.29, 0.717) is 22.4 Å². The van der Waals surface area contributed by atoms with Crippen molar-refractivity contribution in [3.05, 3.63) is 83.7 Å². The Morgan fingerprint density at radius 1 is 1.04 bits per heavy atom. The Bertz CT molecular complexity index is 1010. The Labute approximate surface area is 162 Å². The van der Waals surface area contributed by atoms with Gasteiger partial charge in [-0.25, -0.2) is 4.79 Å². The van der Waals surface area contributed by atoms with Gasteiger partial charge >= 0.3 is 5.97 Å². The molecule has 3 rings (SSSR count). The van der Waals surface area contributed by atoms with Gasteiger partial charge in [-0.3, -0.25) is 9.78 Å². The first kappa shape index (κ1) is 19.1. The van der Waals surface area contributed by atoms with Gasteiger partial charge in [0.15, 0.2) is 0 Å². The normalized spacial score (nSPS) is 11.6. The maximum atomic E-state index is 12.5. The molecule has 7 heteroatoms. The lowest BCUT2D eigenvalue weighted by atomic mass is 9.92. The highest BCUT2D eigenvalue weighted by atomic mass is 16.5. The standard InChI is InChI=1S/C21H20N4O3/c22-18-6-2-1-5-15(18)17-10-14(20(24)26)7-8-16(17)19(23)21(27)28-12-13-4-3-9-25-11-13/h1-11,19H,12,22-23H2,(H2,24,26). The summed E-state index contributed by atoms with van der Waals surface area (Å²) in [6.45, 7) is 0.0581. The molecule has 0 fully saturated rings. The predicted molar refractivity (Wildman–Crippen MR) is 106 cm³/mol. The number of nitrogen functional groups attached to an aromatic ring is 1. The number of pyridine rings is 1. The van der Waals surface area contributed by atoms with Crippen molar-refractivity contribution in [2.24, 2.45) is 11.5 Å². The van der Waals surface area contributed by atoms with E-state index in [1.54, 1.807) is 60.9 Å². The van der Waals surface area contributed by atoms with Crippen LogP contribution in [0.2, 0.25) is 0 Å². The molecule has 3 aromatic rings. The molecule has 1 amide bonds. The summed E-state index contributed by atoms with van der Waals surface area (Å²) in [6.07, 6.45) is 3.24. The fourth-order valence-corrected chi connectivity index (χ4v) is 2.81. The molecule has 7 nitrogen and oxygen atoms in total. The van der Waals surface area contributed by atoms with Crippen LogP contribution in [0.1, 0.15) is 27.5 Å². The van der Waals surface area contributed by atoms with Crippen LogP contribution in [0.25, 0.3) is 11.1 Å². The van der Waals surface area contributed by atoms with E-state index in [1.165, 1.54) is 6.07 Å². The summed E-state index contributed by atoms with van der Waals surface area (Å²) < 4.78 is 5.32. The molecule has 0 saturated heterocycles. The highest BCUT2D eigenvalue weighted by Gasteiger charge is 2.23. The van der Waals surface area contributed by atoms with E-state index >= 15 is 0 Å². The third-order valence-corrected chi connectivity index (χ3v) is 4.28. The number of anilines is 1. The molecule has 1 unspecified atom stereocenters. The predicted octanol–water partition coefficient (Wildman–Crippen LogP) is 2.17. The van der Waals surface area contributed by atoms with Crippen molar-refractivity contribution in [2.45, 2.75) is 12.6 Å². The second kappa shape index (κ2) is 8.32. The van der Waals surface area contributed by atoms with Crippen LogP contribution in [0.5, 0.6) is 0 Å². The van der Waals surface area contributed by atoms with Gasteiger partial charge in [-0.05, 0) is 35.4 Å². The van der Waals surface area contributed by atoms with E-state index in [0.717, 1.165) is 5.56 Å². The molecule has 1 aromatic heterocycles. The zero-order valence-electron chi connectivity index (χ0n) is 15.0. The number of amides is 1. The van der Waals surface area contributed by atoms with Gasteiger partial charge in [-0.15, -0.1) is 0 Å². The highest BCUT2D eigenvalue weighted by molar-refractivity contribution is 5.96. The summed E-state index contributed by atoms with van der Waals surface area (Å²) in [5, 5.41) is 0. The van der Waals surface area contributed by atoms with Gasteiger partial charge in [0.2, 0.25) is 5.91 Å². The summed E-state index contributed by atoms with van der Waals surface area (Å²) in [4.78, 5) is 28.1. The first-order valence-corrected chi connectivity index (χ1v) is 8.57. The lowest BCUT2D eigenvalue weighted by molar-refractivity contribution is -0.146. The van der Waals surface area contributed by atoms with E-state index in [1.807, 2.05) is 0 Å². The summed E-state index contributed by atoms with van der Waals surface area (Å²) in [5.74, 6) is -1.19. The van der Waals surface area contributed by atoms with Gasteiger partial charge < -0.3 is 21.9 Å². The molecular formula is C21H20N4O3. The van der Waals surface area contributed by atoms with Crippen molar-refractivity contribution in [3.63, 3.8) is 0 Å². The van der Waals surface area contributed by atoms with Gasteiger partial charge in [0, 0.05) is 34.8 Å². The van der Waals surface area contributed by atoms with E-state index in [4.69, 9.17) is 21.9 Å². The topological polar surface area (TPSA) is 134 Å². The molecular weight excluding hydrogens is 356 g/mol. The number of para-hydroxylation sites is 1. The minimum absolute atomic E-state index is 0.0581. The lowest BCUT2D eigenvalue weighted by Crippen LogP contribution is -2.25. The molecule has 0 aliphatic rings. The van der Waals surface area contributed by atoms with Gasteiger partial charge in [0.1, 0.15) is 12.6 Å². The van der Waals surface area contributed by atoms with Gasteiger partial charge in [-0.1, -0.05) is 30.3 Å². The molecule has 1 atom stereocenters. The molecule has 0 aliphatic carbocycles. The molecule has 1 heterocycles. The number of ether oxygens (including phenoxy) is 1. The number of carbonyl (C=O) groups excluding carboxylic acids is 2. The van der Waals surface area contributed by atoms with Crippen LogP contribution < -0.4 is 17.2 Å². The fourth-order valence-electron chi connectivity index (χ4n) is 2.81.